The molecule has 4 heteroatoms. The van der Waals surface area contributed by atoms with Crippen molar-refractivity contribution in [3.8, 4) is 0 Å². The molecule has 28 heavy (non-hydrogen) atoms. The standard InChI is InChI=1S/C24H18N4/c1-3-7-19(8-4-1)25-21-15-13-17-11-12-18-14-16-22(28-24(18)23(17)27-21)26-20-9-5-2-6-10-20/h1-16H,(H,25,27)(H,26,28). The first-order valence-corrected chi connectivity index (χ1v) is 9.20. The van der Waals surface area contributed by atoms with E-state index in [1.165, 1.54) is 0 Å². The van der Waals surface area contributed by atoms with Gasteiger partial charge in [-0.1, -0.05) is 48.5 Å². The van der Waals surface area contributed by atoms with Gasteiger partial charge >= 0.3 is 0 Å². The number of nitrogens with zero attached hydrogens (tertiary/aromatic N) is 2. The minimum Gasteiger partial charge on any atom is -0.340 e. The maximum atomic E-state index is 4.85. The van der Waals surface area contributed by atoms with E-state index in [2.05, 4.69) is 34.9 Å². The van der Waals surface area contributed by atoms with Crippen LogP contribution in [0.15, 0.2) is 97.1 Å². The highest BCUT2D eigenvalue weighted by Crippen LogP contribution is 2.27. The second kappa shape index (κ2) is 7.00. The minimum atomic E-state index is 0.800. The van der Waals surface area contributed by atoms with Crippen LogP contribution in [-0.2, 0) is 0 Å². The van der Waals surface area contributed by atoms with E-state index in [1.54, 1.807) is 0 Å². The summed E-state index contributed by atoms with van der Waals surface area (Å²) in [7, 11) is 0. The summed E-state index contributed by atoms with van der Waals surface area (Å²) in [5, 5.41) is 8.85. The Labute approximate surface area is 162 Å². The molecule has 2 N–H and O–H groups in total. The molecule has 134 valence electrons. The molecule has 2 aromatic heterocycles. The zero-order valence-corrected chi connectivity index (χ0v) is 15.1. The van der Waals surface area contributed by atoms with Crippen LogP contribution in [0.2, 0.25) is 0 Å². The van der Waals surface area contributed by atoms with Gasteiger partial charge in [0.1, 0.15) is 11.6 Å². The van der Waals surface area contributed by atoms with E-state index >= 15 is 0 Å². The number of pyridine rings is 2. The van der Waals surface area contributed by atoms with E-state index in [9.17, 15) is 0 Å². The van der Waals surface area contributed by atoms with Crippen LogP contribution in [0.3, 0.4) is 0 Å². The summed E-state index contributed by atoms with van der Waals surface area (Å²) in [6, 6.07) is 32.4. The van der Waals surface area contributed by atoms with E-state index in [0.717, 1.165) is 44.8 Å². The zero-order valence-electron chi connectivity index (χ0n) is 15.1. The van der Waals surface area contributed by atoms with Crippen molar-refractivity contribution in [1.29, 1.82) is 0 Å². The van der Waals surface area contributed by atoms with Crippen molar-refractivity contribution in [2.24, 2.45) is 0 Å². The molecule has 0 radical (unpaired) electrons. The summed E-state index contributed by atoms with van der Waals surface area (Å²) in [6.45, 7) is 0. The van der Waals surface area contributed by atoms with Crippen LogP contribution in [-0.4, -0.2) is 9.97 Å². The van der Waals surface area contributed by atoms with Crippen molar-refractivity contribution in [2.45, 2.75) is 0 Å². The molecular formula is C24H18N4. The molecule has 0 unspecified atom stereocenters. The van der Waals surface area contributed by atoms with Crippen molar-refractivity contribution in [3.63, 3.8) is 0 Å². The maximum Gasteiger partial charge on any atom is 0.131 e. The number of rotatable bonds is 4. The van der Waals surface area contributed by atoms with Crippen molar-refractivity contribution in [2.75, 3.05) is 10.6 Å². The lowest BCUT2D eigenvalue weighted by Crippen LogP contribution is -1.96. The molecule has 3 aromatic carbocycles. The number of benzene rings is 3. The Morgan fingerprint density at radius 1 is 0.429 bits per heavy atom. The first kappa shape index (κ1) is 16.3. The summed E-state index contributed by atoms with van der Waals surface area (Å²) >= 11 is 0. The van der Waals surface area contributed by atoms with Crippen LogP contribution < -0.4 is 10.6 Å². The Morgan fingerprint density at radius 2 is 0.821 bits per heavy atom. The van der Waals surface area contributed by atoms with Crippen molar-refractivity contribution >= 4 is 44.8 Å². The van der Waals surface area contributed by atoms with Crippen LogP contribution in [0.5, 0.6) is 0 Å². The average molecular weight is 362 g/mol. The molecule has 2 heterocycles. The van der Waals surface area contributed by atoms with Gasteiger partial charge < -0.3 is 10.6 Å². The summed E-state index contributed by atoms with van der Waals surface area (Å²) < 4.78 is 0. The molecule has 0 aliphatic carbocycles. The summed E-state index contributed by atoms with van der Waals surface area (Å²) in [4.78, 5) is 9.69. The fourth-order valence-corrected chi connectivity index (χ4v) is 3.25. The molecule has 4 nitrogen and oxygen atoms in total. The predicted molar refractivity (Wildman–Crippen MR) is 116 cm³/mol. The third-order valence-corrected chi connectivity index (χ3v) is 4.61. The van der Waals surface area contributed by atoms with Gasteiger partial charge in [-0.2, -0.15) is 0 Å². The zero-order chi connectivity index (χ0) is 18.8. The van der Waals surface area contributed by atoms with Crippen molar-refractivity contribution in [3.05, 3.63) is 97.1 Å². The molecule has 5 aromatic rings. The van der Waals surface area contributed by atoms with E-state index < -0.39 is 0 Å². The first-order valence-electron chi connectivity index (χ1n) is 9.20. The van der Waals surface area contributed by atoms with Crippen LogP contribution in [0.1, 0.15) is 0 Å². The van der Waals surface area contributed by atoms with Gasteiger partial charge in [-0.25, -0.2) is 9.97 Å². The number of para-hydroxylation sites is 2. The van der Waals surface area contributed by atoms with E-state index in [0.29, 0.717) is 0 Å². The molecule has 0 saturated carbocycles. The van der Waals surface area contributed by atoms with Gasteiger partial charge in [0.2, 0.25) is 0 Å². The van der Waals surface area contributed by atoms with E-state index in [4.69, 9.17) is 9.97 Å². The molecule has 0 saturated heterocycles. The molecule has 0 aliphatic heterocycles. The van der Waals surface area contributed by atoms with Crippen molar-refractivity contribution < 1.29 is 0 Å². The van der Waals surface area contributed by atoms with Crippen LogP contribution in [0.4, 0.5) is 23.0 Å². The molecule has 0 atom stereocenters. The second-order valence-electron chi connectivity index (χ2n) is 6.58. The van der Waals surface area contributed by atoms with Gasteiger partial charge in [0.15, 0.2) is 0 Å². The van der Waals surface area contributed by atoms with Gasteiger partial charge in [0.25, 0.3) is 0 Å². The average Bonchev–Trinajstić information content (AvgIpc) is 2.75. The molecule has 0 spiro atoms. The van der Waals surface area contributed by atoms with E-state index in [1.807, 2.05) is 72.8 Å². The Hall–Kier alpha value is -3.92. The summed E-state index contributed by atoms with van der Waals surface area (Å²) in [6.07, 6.45) is 0. The first-order chi connectivity index (χ1) is 13.8. The maximum absolute atomic E-state index is 4.85. The topological polar surface area (TPSA) is 49.8 Å². The van der Waals surface area contributed by atoms with Crippen LogP contribution >= 0.6 is 0 Å². The highest BCUT2D eigenvalue weighted by molar-refractivity contribution is 6.03. The Balaban J connectivity index is 1.58. The fraction of sp³-hybridized carbons (Fsp3) is 0. The molecule has 0 amide bonds. The van der Waals surface area contributed by atoms with Gasteiger partial charge in [0, 0.05) is 22.1 Å². The second-order valence-corrected chi connectivity index (χ2v) is 6.58. The third kappa shape index (κ3) is 3.23. The number of hydrogen-bond donors (Lipinski definition) is 2. The lowest BCUT2D eigenvalue weighted by atomic mass is 10.1. The number of hydrogen-bond acceptors (Lipinski definition) is 4. The predicted octanol–water partition coefficient (Wildman–Crippen LogP) is 6.27. The van der Waals surface area contributed by atoms with Crippen LogP contribution in [0.25, 0.3) is 21.8 Å². The highest BCUT2D eigenvalue weighted by Gasteiger charge is 2.07. The number of aromatic nitrogens is 2. The lowest BCUT2D eigenvalue weighted by Gasteiger charge is -2.10. The minimum absolute atomic E-state index is 0.800. The molecule has 0 bridgehead atoms. The molecular weight excluding hydrogens is 344 g/mol. The monoisotopic (exact) mass is 362 g/mol. The SMILES string of the molecule is c1ccc(Nc2ccc3ccc4ccc(Nc5ccccc5)nc4c3n2)cc1. The quantitative estimate of drug-likeness (QED) is 0.370. The fourth-order valence-electron chi connectivity index (χ4n) is 3.25. The summed E-state index contributed by atoms with van der Waals surface area (Å²) in [5.41, 5.74) is 3.79. The van der Waals surface area contributed by atoms with E-state index in [-0.39, 0.29) is 0 Å². The van der Waals surface area contributed by atoms with Gasteiger partial charge in [0.05, 0.1) is 11.0 Å². The van der Waals surface area contributed by atoms with Crippen molar-refractivity contribution in [1.82, 2.24) is 9.97 Å². The highest BCUT2D eigenvalue weighted by atomic mass is 15.0. The number of fused-ring (bicyclic) bond motifs is 3. The van der Waals surface area contributed by atoms with Gasteiger partial charge in [-0.05, 0) is 48.5 Å². The number of anilines is 4. The van der Waals surface area contributed by atoms with Gasteiger partial charge in [-0.15, -0.1) is 0 Å². The van der Waals surface area contributed by atoms with Gasteiger partial charge in [-0.3, -0.25) is 0 Å². The molecule has 5 rings (SSSR count). The normalized spacial score (nSPS) is 10.9. The smallest absolute Gasteiger partial charge is 0.131 e. The Morgan fingerprint density at radius 3 is 1.25 bits per heavy atom. The number of nitrogens with one attached hydrogen (secondary N) is 2. The summed E-state index contributed by atoms with van der Waals surface area (Å²) in [5.74, 6) is 1.60. The Kier molecular flexibility index (Phi) is 4.07. The molecule has 0 fully saturated rings. The lowest BCUT2D eigenvalue weighted by molar-refractivity contribution is 1.34. The Bertz CT molecular complexity index is 1150. The van der Waals surface area contributed by atoms with Crippen LogP contribution in [0, 0.1) is 0 Å². The third-order valence-electron chi connectivity index (χ3n) is 4.61. The molecule has 0 aliphatic rings. The largest absolute Gasteiger partial charge is 0.340 e.